The predicted molar refractivity (Wildman–Crippen MR) is 70.8 cm³/mol. The summed E-state index contributed by atoms with van der Waals surface area (Å²) in [5.74, 6) is 5.46. The third-order valence-corrected chi connectivity index (χ3v) is 4.98. The molecule has 1 aliphatic heterocycles. The Hall–Kier alpha value is -1.22. The van der Waals surface area contributed by atoms with Gasteiger partial charge in [-0.2, -0.15) is 4.31 Å². The number of nitrogens with one attached hydrogen (secondary N) is 1. The Balaban J connectivity index is 2.31. The normalized spacial score (nSPS) is 21.3. The molecule has 1 saturated heterocycles. The molecule has 0 aromatic carbocycles. The van der Waals surface area contributed by atoms with E-state index >= 15 is 0 Å². The number of sulfonamides is 1. The van der Waals surface area contributed by atoms with Gasteiger partial charge in [-0.3, -0.25) is 0 Å². The molecule has 1 unspecified atom stereocenters. The van der Waals surface area contributed by atoms with Gasteiger partial charge in [0, 0.05) is 19.3 Å². The number of aromatic nitrogens is 1. The van der Waals surface area contributed by atoms with Gasteiger partial charge in [-0.1, -0.05) is 6.92 Å². The minimum atomic E-state index is -3.60. The highest BCUT2D eigenvalue weighted by atomic mass is 32.2. The van der Waals surface area contributed by atoms with Crippen LogP contribution in [0, 0.1) is 0 Å². The first-order chi connectivity index (χ1) is 9.09. The van der Waals surface area contributed by atoms with Gasteiger partial charge in [0.05, 0.1) is 12.7 Å². The maximum absolute atomic E-state index is 12.6. The fourth-order valence-electron chi connectivity index (χ4n) is 2.00. The number of pyridine rings is 1. The van der Waals surface area contributed by atoms with Crippen molar-refractivity contribution in [1.82, 2.24) is 9.29 Å². The zero-order valence-electron chi connectivity index (χ0n) is 10.7. The maximum Gasteiger partial charge on any atom is 0.246 e. The van der Waals surface area contributed by atoms with Crippen LogP contribution in [0.15, 0.2) is 23.2 Å². The highest BCUT2D eigenvalue weighted by Crippen LogP contribution is 2.23. The van der Waals surface area contributed by atoms with E-state index in [1.54, 1.807) is 6.07 Å². The van der Waals surface area contributed by atoms with Gasteiger partial charge in [0.2, 0.25) is 10.0 Å². The standard InChI is InChI=1S/C11H18N4O3S/c1-2-9-8-15(6-7-18-9)19(16,17)10-4-3-5-13-11(10)14-12/h3-5,9H,2,6-8,12H2,1H3,(H,13,14). The summed E-state index contributed by atoms with van der Waals surface area (Å²) in [6.45, 7) is 3.08. The lowest BCUT2D eigenvalue weighted by molar-refractivity contribution is -0.00277. The van der Waals surface area contributed by atoms with Crippen LogP contribution in [0.1, 0.15) is 13.3 Å². The van der Waals surface area contributed by atoms with E-state index in [4.69, 9.17) is 10.6 Å². The molecule has 3 N–H and O–H groups in total. The second-order valence-corrected chi connectivity index (χ2v) is 6.16. The van der Waals surface area contributed by atoms with Crippen LogP contribution in [-0.4, -0.2) is 43.5 Å². The van der Waals surface area contributed by atoms with Gasteiger partial charge in [-0.05, 0) is 18.6 Å². The lowest BCUT2D eigenvalue weighted by atomic mass is 10.2. The van der Waals surface area contributed by atoms with Crippen molar-refractivity contribution >= 4 is 15.8 Å². The topological polar surface area (TPSA) is 97.6 Å². The van der Waals surface area contributed by atoms with Crippen LogP contribution < -0.4 is 11.3 Å². The van der Waals surface area contributed by atoms with Crippen LogP contribution >= 0.6 is 0 Å². The van der Waals surface area contributed by atoms with Crippen molar-refractivity contribution in [2.75, 3.05) is 25.1 Å². The van der Waals surface area contributed by atoms with Gasteiger partial charge in [0.25, 0.3) is 0 Å². The van der Waals surface area contributed by atoms with Crippen LogP contribution in [0.2, 0.25) is 0 Å². The number of morpholine rings is 1. The molecule has 1 aliphatic rings. The van der Waals surface area contributed by atoms with Crippen LogP contribution in [0.5, 0.6) is 0 Å². The highest BCUT2D eigenvalue weighted by Gasteiger charge is 2.31. The summed E-state index contributed by atoms with van der Waals surface area (Å²) in [5, 5.41) is 0. The molecule has 0 spiro atoms. The number of hydrogen-bond acceptors (Lipinski definition) is 6. The van der Waals surface area contributed by atoms with E-state index in [1.165, 1.54) is 16.6 Å². The Labute approximate surface area is 112 Å². The number of anilines is 1. The number of nitrogens with two attached hydrogens (primary N) is 1. The first kappa shape index (κ1) is 14.2. The van der Waals surface area contributed by atoms with Crippen molar-refractivity contribution in [2.45, 2.75) is 24.3 Å². The van der Waals surface area contributed by atoms with E-state index in [0.29, 0.717) is 19.7 Å². The molecule has 0 saturated carbocycles. The molecular weight excluding hydrogens is 268 g/mol. The molecule has 1 aromatic heterocycles. The Morgan fingerprint density at radius 1 is 1.63 bits per heavy atom. The van der Waals surface area contributed by atoms with E-state index in [1.807, 2.05) is 6.92 Å². The van der Waals surface area contributed by atoms with Crippen LogP contribution in [0.3, 0.4) is 0 Å². The Morgan fingerprint density at radius 2 is 2.42 bits per heavy atom. The molecule has 0 bridgehead atoms. The summed E-state index contributed by atoms with van der Waals surface area (Å²) in [6, 6.07) is 3.07. The molecular formula is C11H18N4O3S. The summed E-state index contributed by atoms with van der Waals surface area (Å²) in [6.07, 6.45) is 2.21. The summed E-state index contributed by atoms with van der Waals surface area (Å²) in [5.41, 5.74) is 2.32. The quantitative estimate of drug-likeness (QED) is 0.605. The highest BCUT2D eigenvalue weighted by molar-refractivity contribution is 7.89. The predicted octanol–water partition coefficient (Wildman–Crippen LogP) is 0.167. The van der Waals surface area contributed by atoms with E-state index in [2.05, 4.69) is 10.4 Å². The van der Waals surface area contributed by atoms with Gasteiger partial charge in [-0.15, -0.1) is 0 Å². The van der Waals surface area contributed by atoms with E-state index in [-0.39, 0.29) is 16.8 Å². The Morgan fingerprint density at radius 3 is 3.11 bits per heavy atom. The summed E-state index contributed by atoms with van der Waals surface area (Å²) in [7, 11) is -3.60. The smallest absolute Gasteiger partial charge is 0.246 e. The van der Waals surface area contributed by atoms with Crippen molar-refractivity contribution in [3.05, 3.63) is 18.3 Å². The molecule has 106 valence electrons. The number of hydrazine groups is 1. The average Bonchev–Trinajstić information content (AvgIpc) is 2.47. The average molecular weight is 286 g/mol. The van der Waals surface area contributed by atoms with Gasteiger partial charge in [-0.25, -0.2) is 19.2 Å². The van der Waals surface area contributed by atoms with Crippen LogP contribution in [-0.2, 0) is 14.8 Å². The van der Waals surface area contributed by atoms with Gasteiger partial charge < -0.3 is 10.2 Å². The van der Waals surface area contributed by atoms with Crippen molar-refractivity contribution in [3.8, 4) is 0 Å². The number of hydrogen-bond donors (Lipinski definition) is 2. The van der Waals surface area contributed by atoms with Gasteiger partial charge in [0.15, 0.2) is 5.82 Å². The second-order valence-electron chi connectivity index (χ2n) is 4.26. The molecule has 1 fully saturated rings. The monoisotopic (exact) mass is 286 g/mol. The van der Waals surface area contributed by atoms with Gasteiger partial charge in [0.1, 0.15) is 4.90 Å². The summed E-state index contributed by atoms with van der Waals surface area (Å²) < 4.78 is 32.0. The van der Waals surface area contributed by atoms with Gasteiger partial charge >= 0.3 is 0 Å². The third kappa shape index (κ3) is 2.86. The SMILES string of the molecule is CCC1CN(S(=O)(=O)c2cccnc2NN)CCO1. The van der Waals surface area contributed by atoms with Crippen molar-refractivity contribution < 1.29 is 13.2 Å². The minimum absolute atomic E-state index is 0.0607. The molecule has 1 aromatic rings. The fraction of sp³-hybridized carbons (Fsp3) is 0.545. The first-order valence-electron chi connectivity index (χ1n) is 6.13. The first-order valence-corrected chi connectivity index (χ1v) is 7.57. The third-order valence-electron chi connectivity index (χ3n) is 3.08. The molecule has 0 radical (unpaired) electrons. The van der Waals surface area contributed by atoms with E-state index < -0.39 is 10.0 Å². The Bertz CT molecular complexity index is 534. The zero-order chi connectivity index (χ0) is 13.9. The van der Waals surface area contributed by atoms with Crippen LogP contribution in [0.4, 0.5) is 5.82 Å². The Kier molecular flexibility index (Phi) is 4.35. The van der Waals surface area contributed by atoms with Crippen molar-refractivity contribution in [1.29, 1.82) is 0 Å². The number of ether oxygens (including phenoxy) is 1. The lowest BCUT2D eigenvalue weighted by Gasteiger charge is -2.31. The zero-order valence-corrected chi connectivity index (χ0v) is 11.6. The number of rotatable bonds is 4. The van der Waals surface area contributed by atoms with Crippen molar-refractivity contribution in [2.24, 2.45) is 5.84 Å². The van der Waals surface area contributed by atoms with Crippen LogP contribution in [0.25, 0.3) is 0 Å². The van der Waals surface area contributed by atoms with E-state index in [9.17, 15) is 8.42 Å². The molecule has 0 amide bonds. The largest absolute Gasteiger partial charge is 0.375 e. The molecule has 19 heavy (non-hydrogen) atoms. The van der Waals surface area contributed by atoms with E-state index in [0.717, 1.165) is 6.42 Å². The molecule has 7 nitrogen and oxygen atoms in total. The summed E-state index contributed by atoms with van der Waals surface area (Å²) >= 11 is 0. The molecule has 2 rings (SSSR count). The molecule has 2 heterocycles. The minimum Gasteiger partial charge on any atom is -0.375 e. The lowest BCUT2D eigenvalue weighted by Crippen LogP contribution is -2.45. The summed E-state index contributed by atoms with van der Waals surface area (Å²) in [4.78, 5) is 4.02. The van der Waals surface area contributed by atoms with Crippen molar-refractivity contribution in [3.63, 3.8) is 0 Å². The fourth-order valence-corrected chi connectivity index (χ4v) is 3.57. The maximum atomic E-state index is 12.6. The molecule has 1 atom stereocenters. The number of nitrogens with zero attached hydrogens (tertiary/aromatic N) is 2. The number of nitrogen functional groups attached to an aromatic ring is 1. The second kappa shape index (κ2) is 5.83. The molecule has 8 heteroatoms. The molecule has 0 aliphatic carbocycles.